The van der Waals surface area contributed by atoms with Crippen LogP contribution < -0.4 is 0 Å². The number of benzene rings is 2. The lowest BCUT2D eigenvalue weighted by Crippen LogP contribution is -2.03. The molecule has 0 atom stereocenters. The van der Waals surface area contributed by atoms with Gasteiger partial charge in [0.05, 0.1) is 26.4 Å². The molecule has 0 radical (unpaired) electrons. The van der Waals surface area contributed by atoms with Crippen LogP contribution in [-0.2, 0) is 51.8 Å². The second kappa shape index (κ2) is 13.3. The normalized spacial score (nSPS) is 11.2. The molecule has 0 fully saturated rings. The number of ether oxygens (including phenoxy) is 4. The zero-order valence-electron chi connectivity index (χ0n) is 19.2. The van der Waals surface area contributed by atoms with Crippen LogP contribution in [0.15, 0.2) is 24.3 Å². The Balaban J connectivity index is 2.39. The third-order valence-electron chi connectivity index (χ3n) is 4.91. The fraction of sp³-hybridized carbons (Fsp3) is 0.520. The van der Waals surface area contributed by atoms with E-state index in [0.29, 0.717) is 59.3 Å². The summed E-state index contributed by atoms with van der Waals surface area (Å²) in [5.74, 6) is 0.454. The third-order valence-corrected chi connectivity index (χ3v) is 4.91. The summed E-state index contributed by atoms with van der Waals surface area (Å²) in [5.41, 5.74) is 5.07. The van der Waals surface area contributed by atoms with E-state index in [-0.39, 0.29) is 11.5 Å². The molecule has 0 bridgehead atoms. The summed E-state index contributed by atoms with van der Waals surface area (Å²) in [7, 11) is 0. The summed E-state index contributed by atoms with van der Waals surface area (Å²) in [4.78, 5) is 0. The second-order valence-electron chi connectivity index (χ2n) is 7.25. The van der Waals surface area contributed by atoms with Crippen LogP contribution in [0.2, 0.25) is 0 Å². The highest BCUT2D eigenvalue weighted by Crippen LogP contribution is 2.30. The van der Waals surface area contributed by atoms with Gasteiger partial charge in [0.1, 0.15) is 11.5 Å². The maximum Gasteiger partial charge on any atom is 0.126 e. The highest BCUT2D eigenvalue weighted by molar-refractivity contribution is 5.47. The minimum Gasteiger partial charge on any atom is -0.507 e. The molecule has 6 heteroatoms. The molecule has 2 rings (SSSR count). The SMILES string of the molecule is CCOCc1cc(Cc2cc(COCC)c(O)c(COCC)c2)cc(COCC)c1O. The zero-order chi connectivity index (χ0) is 22.6. The molecule has 2 aromatic rings. The molecule has 0 saturated heterocycles. The molecule has 0 amide bonds. The predicted molar refractivity (Wildman–Crippen MR) is 120 cm³/mol. The molecule has 0 saturated carbocycles. The predicted octanol–water partition coefficient (Wildman–Crippen LogP) is 4.83. The molecule has 0 aromatic heterocycles. The van der Waals surface area contributed by atoms with Gasteiger partial charge in [-0.2, -0.15) is 0 Å². The Hall–Kier alpha value is -2.12. The van der Waals surface area contributed by atoms with Crippen LogP contribution in [0.5, 0.6) is 11.5 Å². The van der Waals surface area contributed by atoms with Gasteiger partial charge in [0, 0.05) is 48.7 Å². The van der Waals surface area contributed by atoms with Crippen LogP contribution in [0.25, 0.3) is 0 Å². The fourth-order valence-electron chi connectivity index (χ4n) is 3.39. The van der Waals surface area contributed by atoms with Crippen molar-refractivity contribution in [2.45, 2.75) is 60.5 Å². The van der Waals surface area contributed by atoms with Crippen LogP contribution >= 0.6 is 0 Å². The van der Waals surface area contributed by atoms with Gasteiger partial charge in [0.25, 0.3) is 0 Å². The van der Waals surface area contributed by atoms with Gasteiger partial charge in [-0.1, -0.05) is 0 Å². The van der Waals surface area contributed by atoms with Crippen LogP contribution in [-0.4, -0.2) is 36.6 Å². The largest absolute Gasteiger partial charge is 0.507 e. The van der Waals surface area contributed by atoms with Crippen molar-refractivity contribution in [1.29, 1.82) is 0 Å². The van der Waals surface area contributed by atoms with Crippen LogP contribution in [0.1, 0.15) is 61.1 Å². The lowest BCUT2D eigenvalue weighted by atomic mass is 9.96. The average Bonchev–Trinajstić information content (AvgIpc) is 2.77. The number of phenolic OH excluding ortho intramolecular Hbond substituents is 2. The van der Waals surface area contributed by atoms with E-state index in [1.807, 2.05) is 52.0 Å². The highest BCUT2D eigenvalue weighted by Gasteiger charge is 2.14. The van der Waals surface area contributed by atoms with E-state index in [2.05, 4.69) is 0 Å². The van der Waals surface area contributed by atoms with Gasteiger partial charge in [-0.15, -0.1) is 0 Å². The van der Waals surface area contributed by atoms with E-state index in [4.69, 9.17) is 18.9 Å². The van der Waals surface area contributed by atoms with Crippen molar-refractivity contribution >= 4 is 0 Å². The second-order valence-corrected chi connectivity index (χ2v) is 7.25. The topological polar surface area (TPSA) is 77.4 Å². The van der Waals surface area contributed by atoms with Crippen molar-refractivity contribution in [1.82, 2.24) is 0 Å². The summed E-state index contributed by atoms with van der Waals surface area (Å²) in [5, 5.41) is 21.3. The first kappa shape index (κ1) is 25.1. The van der Waals surface area contributed by atoms with E-state index >= 15 is 0 Å². The first-order valence-electron chi connectivity index (χ1n) is 11.0. The van der Waals surface area contributed by atoms with E-state index < -0.39 is 0 Å². The lowest BCUT2D eigenvalue weighted by molar-refractivity contribution is 0.126. The number of aromatic hydroxyl groups is 2. The van der Waals surface area contributed by atoms with Gasteiger partial charge in [0.2, 0.25) is 0 Å². The van der Waals surface area contributed by atoms with E-state index in [1.165, 1.54) is 0 Å². The van der Waals surface area contributed by atoms with Gasteiger partial charge in [-0.25, -0.2) is 0 Å². The summed E-state index contributed by atoms with van der Waals surface area (Å²) in [6, 6.07) is 7.88. The molecule has 0 spiro atoms. The Morgan fingerprint density at radius 1 is 0.516 bits per heavy atom. The quantitative estimate of drug-likeness (QED) is 0.445. The number of hydrogen-bond acceptors (Lipinski definition) is 6. The Morgan fingerprint density at radius 3 is 1.00 bits per heavy atom. The van der Waals surface area contributed by atoms with Crippen molar-refractivity contribution < 1.29 is 29.2 Å². The summed E-state index contributed by atoms with van der Waals surface area (Å²) >= 11 is 0. The molecule has 0 aliphatic carbocycles. The Labute approximate surface area is 185 Å². The number of hydrogen-bond donors (Lipinski definition) is 2. The number of rotatable bonds is 14. The van der Waals surface area contributed by atoms with Crippen molar-refractivity contribution in [2.24, 2.45) is 0 Å². The third kappa shape index (κ3) is 7.51. The maximum absolute atomic E-state index is 10.6. The smallest absolute Gasteiger partial charge is 0.126 e. The maximum atomic E-state index is 10.6. The molecular weight excluding hydrogens is 396 g/mol. The monoisotopic (exact) mass is 432 g/mol. The molecule has 0 aliphatic rings. The van der Waals surface area contributed by atoms with Crippen LogP contribution in [0.4, 0.5) is 0 Å². The molecule has 6 nitrogen and oxygen atoms in total. The van der Waals surface area contributed by atoms with Gasteiger partial charge in [-0.3, -0.25) is 0 Å². The first-order chi connectivity index (χ1) is 15.0. The molecule has 2 aromatic carbocycles. The van der Waals surface area contributed by atoms with Crippen LogP contribution in [0.3, 0.4) is 0 Å². The lowest BCUT2D eigenvalue weighted by Gasteiger charge is -2.16. The average molecular weight is 433 g/mol. The van der Waals surface area contributed by atoms with Gasteiger partial charge < -0.3 is 29.2 Å². The van der Waals surface area contributed by atoms with Gasteiger partial charge in [0.15, 0.2) is 0 Å². The molecule has 0 aliphatic heterocycles. The molecular formula is C25H36O6. The first-order valence-corrected chi connectivity index (χ1v) is 11.0. The van der Waals surface area contributed by atoms with Crippen molar-refractivity contribution in [3.63, 3.8) is 0 Å². The van der Waals surface area contributed by atoms with Crippen molar-refractivity contribution in [2.75, 3.05) is 26.4 Å². The van der Waals surface area contributed by atoms with Crippen molar-refractivity contribution in [3.8, 4) is 11.5 Å². The summed E-state index contributed by atoms with van der Waals surface area (Å²) < 4.78 is 22.2. The highest BCUT2D eigenvalue weighted by atomic mass is 16.5. The molecule has 2 N–H and O–H groups in total. The Kier molecular flexibility index (Phi) is 10.8. The Bertz CT molecular complexity index is 692. The van der Waals surface area contributed by atoms with E-state index in [0.717, 1.165) is 33.4 Å². The Morgan fingerprint density at radius 2 is 0.774 bits per heavy atom. The molecule has 0 unspecified atom stereocenters. The molecule has 0 heterocycles. The van der Waals surface area contributed by atoms with E-state index in [9.17, 15) is 10.2 Å². The minimum atomic E-state index is 0.227. The standard InChI is InChI=1S/C25H36O6/c1-5-28-14-20-10-18(11-21(24(20)26)15-29-6-2)9-19-12-22(16-30-7-3)25(27)23(13-19)17-31-8-4/h10-13,26-27H,5-9,14-17H2,1-4H3. The van der Waals surface area contributed by atoms with Gasteiger partial charge >= 0.3 is 0 Å². The van der Waals surface area contributed by atoms with Crippen molar-refractivity contribution in [3.05, 3.63) is 57.6 Å². The van der Waals surface area contributed by atoms with Crippen LogP contribution in [0, 0.1) is 0 Å². The minimum absolute atomic E-state index is 0.227. The zero-order valence-corrected chi connectivity index (χ0v) is 19.2. The fourth-order valence-corrected chi connectivity index (χ4v) is 3.39. The summed E-state index contributed by atoms with van der Waals surface area (Å²) in [6.45, 7) is 11.4. The van der Waals surface area contributed by atoms with E-state index in [1.54, 1.807) is 0 Å². The number of phenols is 2. The summed E-state index contributed by atoms with van der Waals surface area (Å²) in [6.07, 6.45) is 0.636. The van der Waals surface area contributed by atoms with Gasteiger partial charge in [-0.05, 0) is 69.5 Å². The molecule has 172 valence electrons. The molecule has 31 heavy (non-hydrogen) atoms.